The summed E-state index contributed by atoms with van der Waals surface area (Å²) in [6.45, 7) is 3.94. The van der Waals surface area contributed by atoms with E-state index in [1.54, 1.807) is 0 Å². The summed E-state index contributed by atoms with van der Waals surface area (Å²) in [6.07, 6.45) is 0. The number of pyridine rings is 1. The van der Waals surface area contributed by atoms with Crippen LogP contribution < -0.4 is 10.5 Å². The Hall–Kier alpha value is -2.55. The van der Waals surface area contributed by atoms with Gasteiger partial charge in [0.15, 0.2) is 0 Å². The fraction of sp³-hybridized carbons (Fsp3) is 0.118. The highest BCUT2D eigenvalue weighted by Gasteiger charge is 2.08. The van der Waals surface area contributed by atoms with Crippen molar-refractivity contribution in [3.05, 3.63) is 59.7 Å². The van der Waals surface area contributed by atoms with E-state index >= 15 is 0 Å². The zero-order valence-corrected chi connectivity index (χ0v) is 11.6. The summed E-state index contributed by atoms with van der Waals surface area (Å²) < 4.78 is 5.94. The molecule has 20 heavy (non-hydrogen) atoms. The van der Waals surface area contributed by atoms with E-state index in [0.717, 1.165) is 33.5 Å². The first-order chi connectivity index (χ1) is 9.65. The molecule has 0 saturated heterocycles. The molecule has 0 amide bonds. The summed E-state index contributed by atoms with van der Waals surface area (Å²) in [7, 11) is 0. The highest BCUT2D eigenvalue weighted by atomic mass is 16.5. The third-order valence-corrected chi connectivity index (χ3v) is 3.40. The number of hydrogen-bond acceptors (Lipinski definition) is 3. The maximum Gasteiger partial charge on any atom is 0.222 e. The van der Waals surface area contributed by atoms with E-state index in [2.05, 4.69) is 11.1 Å². The van der Waals surface area contributed by atoms with Crippen molar-refractivity contribution in [2.75, 3.05) is 5.73 Å². The summed E-state index contributed by atoms with van der Waals surface area (Å²) in [5, 5.41) is 1.11. The quantitative estimate of drug-likeness (QED) is 0.705. The number of ether oxygens (including phenoxy) is 1. The topological polar surface area (TPSA) is 48.1 Å². The van der Waals surface area contributed by atoms with Crippen LogP contribution in [0.25, 0.3) is 10.9 Å². The molecule has 1 aromatic heterocycles. The van der Waals surface area contributed by atoms with Crippen LogP contribution in [0.3, 0.4) is 0 Å². The lowest BCUT2D eigenvalue weighted by Gasteiger charge is -2.12. The number of nitrogen functional groups attached to an aromatic ring is 1. The van der Waals surface area contributed by atoms with Gasteiger partial charge in [-0.25, -0.2) is 4.98 Å². The van der Waals surface area contributed by atoms with E-state index in [0.29, 0.717) is 5.88 Å². The van der Waals surface area contributed by atoms with E-state index in [1.807, 2.05) is 56.3 Å². The average Bonchev–Trinajstić information content (AvgIpc) is 2.44. The second-order valence-electron chi connectivity index (χ2n) is 4.88. The molecule has 100 valence electrons. The van der Waals surface area contributed by atoms with Crippen LogP contribution in [0, 0.1) is 13.8 Å². The number of fused-ring (bicyclic) bond motifs is 1. The molecule has 0 aliphatic rings. The maximum absolute atomic E-state index is 5.94. The van der Waals surface area contributed by atoms with Gasteiger partial charge in [-0.2, -0.15) is 0 Å². The maximum atomic E-state index is 5.94. The summed E-state index contributed by atoms with van der Waals surface area (Å²) in [4.78, 5) is 4.58. The van der Waals surface area contributed by atoms with Gasteiger partial charge in [-0.1, -0.05) is 24.3 Å². The monoisotopic (exact) mass is 264 g/mol. The van der Waals surface area contributed by atoms with E-state index < -0.39 is 0 Å². The Morgan fingerprint density at radius 1 is 1.00 bits per heavy atom. The molecule has 0 fully saturated rings. The molecule has 2 N–H and O–H groups in total. The number of rotatable bonds is 2. The van der Waals surface area contributed by atoms with Crippen LogP contribution in [-0.4, -0.2) is 4.98 Å². The Bertz CT molecular complexity index is 781. The first kappa shape index (κ1) is 12.5. The van der Waals surface area contributed by atoms with Crippen molar-refractivity contribution in [3.8, 4) is 11.6 Å². The minimum absolute atomic E-state index is 0.623. The normalized spacial score (nSPS) is 10.7. The summed E-state index contributed by atoms with van der Waals surface area (Å²) >= 11 is 0. The standard InChI is InChI=1S/C17H16N2O/c1-11-10-13-6-3-4-8-15(13)19-17(11)20-16-9-5-7-14(18)12(16)2/h3-10H,18H2,1-2H3. The van der Waals surface area contributed by atoms with Crippen LogP contribution in [0.1, 0.15) is 11.1 Å². The van der Waals surface area contributed by atoms with E-state index in [1.165, 1.54) is 0 Å². The van der Waals surface area contributed by atoms with Crippen LogP contribution in [0.5, 0.6) is 11.6 Å². The largest absolute Gasteiger partial charge is 0.438 e. The van der Waals surface area contributed by atoms with Crippen molar-refractivity contribution < 1.29 is 4.74 Å². The molecule has 0 bridgehead atoms. The Morgan fingerprint density at radius 3 is 2.65 bits per heavy atom. The SMILES string of the molecule is Cc1cc2ccccc2nc1Oc1cccc(N)c1C. The lowest BCUT2D eigenvalue weighted by molar-refractivity contribution is 0.458. The van der Waals surface area contributed by atoms with Crippen molar-refractivity contribution in [1.29, 1.82) is 0 Å². The summed E-state index contributed by atoms with van der Waals surface area (Å²) in [5.74, 6) is 1.37. The predicted molar refractivity (Wildman–Crippen MR) is 82.1 cm³/mol. The van der Waals surface area contributed by atoms with Gasteiger partial charge in [-0.3, -0.25) is 0 Å². The van der Waals surface area contributed by atoms with Gasteiger partial charge in [-0.05, 0) is 38.1 Å². The van der Waals surface area contributed by atoms with Gasteiger partial charge >= 0.3 is 0 Å². The molecule has 0 aliphatic carbocycles. The first-order valence-electron chi connectivity index (χ1n) is 6.54. The number of nitrogens with zero attached hydrogens (tertiary/aromatic N) is 1. The Kier molecular flexibility index (Phi) is 3.03. The molecule has 3 aromatic rings. The molecule has 3 nitrogen and oxygen atoms in total. The number of para-hydroxylation sites is 1. The number of hydrogen-bond donors (Lipinski definition) is 1. The number of aryl methyl sites for hydroxylation is 1. The van der Waals surface area contributed by atoms with Crippen molar-refractivity contribution >= 4 is 16.6 Å². The second kappa shape index (κ2) is 4.85. The molecule has 3 rings (SSSR count). The van der Waals surface area contributed by atoms with Crippen molar-refractivity contribution in [1.82, 2.24) is 4.98 Å². The molecular formula is C17H16N2O. The van der Waals surface area contributed by atoms with Crippen LogP contribution in [0.2, 0.25) is 0 Å². The van der Waals surface area contributed by atoms with Crippen molar-refractivity contribution in [2.24, 2.45) is 0 Å². The molecule has 0 radical (unpaired) electrons. The van der Waals surface area contributed by atoms with E-state index in [-0.39, 0.29) is 0 Å². The Labute approximate surface area is 118 Å². The second-order valence-corrected chi connectivity index (χ2v) is 4.88. The molecule has 0 saturated carbocycles. The highest BCUT2D eigenvalue weighted by Crippen LogP contribution is 2.30. The summed E-state index contributed by atoms with van der Waals surface area (Å²) in [5.41, 5.74) is 9.49. The fourth-order valence-electron chi connectivity index (χ4n) is 2.15. The predicted octanol–water partition coefficient (Wildman–Crippen LogP) is 4.23. The zero-order chi connectivity index (χ0) is 14.1. The minimum atomic E-state index is 0.623. The molecule has 0 aliphatic heterocycles. The molecule has 0 spiro atoms. The average molecular weight is 264 g/mol. The van der Waals surface area contributed by atoms with Crippen molar-refractivity contribution in [3.63, 3.8) is 0 Å². The molecule has 0 unspecified atom stereocenters. The number of aromatic nitrogens is 1. The van der Waals surface area contributed by atoms with Gasteiger partial charge in [0.05, 0.1) is 5.52 Å². The van der Waals surface area contributed by atoms with Crippen LogP contribution in [0.4, 0.5) is 5.69 Å². The van der Waals surface area contributed by atoms with Crippen LogP contribution in [-0.2, 0) is 0 Å². The minimum Gasteiger partial charge on any atom is -0.438 e. The zero-order valence-electron chi connectivity index (χ0n) is 11.6. The third-order valence-electron chi connectivity index (χ3n) is 3.40. The van der Waals surface area contributed by atoms with Gasteiger partial charge in [0, 0.05) is 22.2 Å². The number of benzene rings is 2. The fourth-order valence-corrected chi connectivity index (χ4v) is 2.15. The van der Waals surface area contributed by atoms with Crippen LogP contribution >= 0.6 is 0 Å². The molecule has 1 heterocycles. The van der Waals surface area contributed by atoms with Gasteiger partial charge in [0.2, 0.25) is 5.88 Å². The van der Waals surface area contributed by atoms with Gasteiger partial charge in [-0.15, -0.1) is 0 Å². The Morgan fingerprint density at radius 2 is 1.80 bits per heavy atom. The smallest absolute Gasteiger partial charge is 0.222 e. The third kappa shape index (κ3) is 2.18. The van der Waals surface area contributed by atoms with Crippen LogP contribution in [0.15, 0.2) is 48.5 Å². The number of nitrogens with two attached hydrogens (primary N) is 1. The molecule has 0 atom stereocenters. The van der Waals surface area contributed by atoms with Gasteiger partial charge < -0.3 is 10.5 Å². The lowest BCUT2D eigenvalue weighted by atomic mass is 10.1. The van der Waals surface area contributed by atoms with E-state index in [4.69, 9.17) is 10.5 Å². The highest BCUT2D eigenvalue weighted by molar-refractivity contribution is 5.80. The van der Waals surface area contributed by atoms with Crippen molar-refractivity contribution in [2.45, 2.75) is 13.8 Å². The van der Waals surface area contributed by atoms with E-state index in [9.17, 15) is 0 Å². The summed E-state index contributed by atoms with van der Waals surface area (Å²) in [6, 6.07) is 15.7. The molecule has 2 aromatic carbocycles. The Balaban J connectivity index is 2.06. The van der Waals surface area contributed by atoms with Gasteiger partial charge in [0.1, 0.15) is 5.75 Å². The number of anilines is 1. The first-order valence-corrected chi connectivity index (χ1v) is 6.54. The molecule has 3 heteroatoms. The molecular weight excluding hydrogens is 248 g/mol. The lowest BCUT2D eigenvalue weighted by Crippen LogP contribution is -1.96. The van der Waals surface area contributed by atoms with Gasteiger partial charge in [0.25, 0.3) is 0 Å².